The van der Waals surface area contributed by atoms with Crippen molar-refractivity contribution in [1.82, 2.24) is 10.3 Å². The number of nitrogens with one attached hydrogen (secondary N) is 1. The van der Waals surface area contributed by atoms with Gasteiger partial charge in [0.15, 0.2) is 0 Å². The number of carbonyl (C=O) groups is 1. The van der Waals surface area contributed by atoms with Crippen LogP contribution in [0.2, 0.25) is 0 Å². The van der Waals surface area contributed by atoms with E-state index in [9.17, 15) is 4.79 Å². The van der Waals surface area contributed by atoms with Gasteiger partial charge in [-0.25, -0.2) is 0 Å². The highest BCUT2D eigenvalue weighted by molar-refractivity contribution is 5.98. The molecule has 0 fully saturated rings. The van der Waals surface area contributed by atoms with E-state index in [0.717, 1.165) is 27.8 Å². The molecule has 26 heavy (non-hydrogen) atoms. The van der Waals surface area contributed by atoms with Crippen molar-refractivity contribution in [2.45, 2.75) is 20.1 Å². The van der Waals surface area contributed by atoms with Crippen molar-refractivity contribution in [1.29, 1.82) is 0 Å². The zero-order valence-corrected chi connectivity index (χ0v) is 15.2. The highest BCUT2D eigenvalue weighted by Crippen LogP contribution is 2.22. The van der Waals surface area contributed by atoms with Crippen molar-refractivity contribution in [2.24, 2.45) is 0 Å². The van der Waals surface area contributed by atoms with E-state index >= 15 is 0 Å². The first-order valence-corrected chi connectivity index (χ1v) is 8.41. The summed E-state index contributed by atoms with van der Waals surface area (Å²) < 4.78 is 10.4. The summed E-state index contributed by atoms with van der Waals surface area (Å²) in [7, 11) is 3.28. The Morgan fingerprint density at radius 1 is 1.08 bits per heavy atom. The van der Waals surface area contributed by atoms with E-state index in [4.69, 9.17) is 9.47 Å². The number of fused-ring (bicyclic) bond motifs is 1. The summed E-state index contributed by atoms with van der Waals surface area (Å²) in [6.45, 7) is 2.80. The number of amides is 1. The monoisotopic (exact) mass is 350 g/mol. The minimum absolute atomic E-state index is 0.139. The standard InChI is InChI=1S/C21H22N2O3/c1-14-19(10-15-8-9-18(26-3)11-20(15)23-14)21(24)22-12-16-6-4-5-7-17(16)13-25-2/h4-11H,12-13H2,1-3H3,(H,22,24). The second-order valence-corrected chi connectivity index (χ2v) is 6.06. The van der Waals surface area contributed by atoms with Gasteiger partial charge in [-0.05, 0) is 36.2 Å². The van der Waals surface area contributed by atoms with E-state index in [1.165, 1.54) is 0 Å². The van der Waals surface area contributed by atoms with Gasteiger partial charge in [-0.2, -0.15) is 0 Å². The Morgan fingerprint density at radius 2 is 1.85 bits per heavy atom. The summed E-state index contributed by atoms with van der Waals surface area (Å²) in [4.78, 5) is 17.2. The van der Waals surface area contributed by atoms with Crippen LogP contribution in [0.5, 0.6) is 5.75 Å². The highest BCUT2D eigenvalue weighted by atomic mass is 16.5. The number of hydrogen-bond donors (Lipinski definition) is 1. The first-order chi connectivity index (χ1) is 12.6. The number of nitrogens with zero attached hydrogens (tertiary/aromatic N) is 1. The fourth-order valence-electron chi connectivity index (χ4n) is 2.90. The zero-order valence-electron chi connectivity index (χ0n) is 15.2. The highest BCUT2D eigenvalue weighted by Gasteiger charge is 2.13. The minimum atomic E-state index is -0.139. The average Bonchev–Trinajstić information content (AvgIpc) is 2.66. The van der Waals surface area contributed by atoms with Gasteiger partial charge in [0.25, 0.3) is 5.91 Å². The molecule has 0 aliphatic rings. The van der Waals surface area contributed by atoms with Gasteiger partial charge in [0.05, 0.1) is 30.5 Å². The van der Waals surface area contributed by atoms with Crippen LogP contribution in [0.3, 0.4) is 0 Å². The molecule has 0 bridgehead atoms. The summed E-state index contributed by atoms with van der Waals surface area (Å²) in [6, 6.07) is 15.4. The molecule has 0 unspecified atom stereocenters. The molecule has 1 amide bonds. The summed E-state index contributed by atoms with van der Waals surface area (Å²) in [5, 5.41) is 3.89. The Labute approximate surface area is 153 Å². The quantitative estimate of drug-likeness (QED) is 0.737. The van der Waals surface area contributed by atoms with Gasteiger partial charge in [0.2, 0.25) is 0 Å². The Bertz CT molecular complexity index is 938. The lowest BCUT2D eigenvalue weighted by molar-refractivity contribution is 0.0949. The van der Waals surface area contributed by atoms with Gasteiger partial charge in [0.1, 0.15) is 5.75 Å². The summed E-state index contributed by atoms with van der Waals surface area (Å²) in [5.41, 5.74) is 4.18. The Balaban J connectivity index is 1.81. The largest absolute Gasteiger partial charge is 0.497 e. The first-order valence-electron chi connectivity index (χ1n) is 8.41. The molecule has 0 aliphatic heterocycles. The van der Waals surface area contributed by atoms with Gasteiger partial charge in [-0.3, -0.25) is 9.78 Å². The van der Waals surface area contributed by atoms with Gasteiger partial charge < -0.3 is 14.8 Å². The molecular formula is C21H22N2O3. The lowest BCUT2D eigenvalue weighted by Gasteiger charge is -2.12. The Kier molecular flexibility index (Phi) is 5.49. The van der Waals surface area contributed by atoms with Crippen molar-refractivity contribution in [2.75, 3.05) is 14.2 Å². The SMILES string of the molecule is COCc1ccccc1CNC(=O)c1cc2ccc(OC)cc2nc1C. The predicted octanol–water partition coefficient (Wildman–Crippen LogP) is 3.63. The van der Waals surface area contributed by atoms with E-state index in [-0.39, 0.29) is 5.91 Å². The third-order valence-electron chi connectivity index (χ3n) is 4.32. The molecule has 3 aromatic rings. The number of pyridine rings is 1. The van der Waals surface area contributed by atoms with Crippen LogP contribution in [0.25, 0.3) is 10.9 Å². The number of rotatable bonds is 6. The number of hydrogen-bond acceptors (Lipinski definition) is 4. The van der Waals surface area contributed by atoms with Crippen molar-refractivity contribution < 1.29 is 14.3 Å². The second kappa shape index (κ2) is 7.97. The van der Waals surface area contributed by atoms with Crippen LogP contribution in [0.1, 0.15) is 27.2 Å². The maximum absolute atomic E-state index is 12.7. The summed E-state index contributed by atoms with van der Waals surface area (Å²) >= 11 is 0. The molecule has 0 saturated heterocycles. The third kappa shape index (κ3) is 3.83. The molecule has 0 radical (unpaired) electrons. The van der Waals surface area contributed by atoms with Crippen LogP contribution in [0, 0.1) is 6.92 Å². The molecule has 2 aromatic carbocycles. The van der Waals surface area contributed by atoms with Crippen LogP contribution in [0.15, 0.2) is 48.5 Å². The number of carbonyl (C=O) groups excluding carboxylic acids is 1. The zero-order chi connectivity index (χ0) is 18.5. The number of aryl methyl sites for hydroxylation is 1. The molecule has 134 valence electrons. The fraction of sp³-hybridized carbons (Fsp3) is 0.238. The molecule has 0 aliphatic carbocycles. The maximum Gasteiger partial charge on any atom is 0.253 e. The number of ether oxygens (including phenoxy) is 2. The van der Waals surface area contributed by atoms with E-state index < -0.39 is 0 Å². The number of benzene rings is 2. The van der Waals surface area contributed by atoms with Crippen molar-refractivity contribution in [3.05, 3.63) is 70.9 Å². The minimum Gasteiger partial charge on any atom is -0.497 e. The molecule has 1 N–H and O–H groups in total. The lowest BCUT2D eigenvalue weighted by Crippen LogP contribution is -2.24. The molecule has 1 heterocycles. The normalized spacial score (nSPS) is 10.7. The van der Waals surface area contributed by atoms with E-state index in [1.807, 2.05) is 55.5 Å². The predicted molar refractivity (Wildman–Crippen MR) is 101 cm³/mol. The van der Waals surface area contributed by atoms with Crippen LogP contribution in [-0.4, -0.2) is 25.1 Å². The Hall–Kier alpha value is -2.92. The van der Waals surface area contributed by atoms with E-state index in [0.29, 0.717) is 24.4 Å². The third-order valence-corrected chi connectivity index (χ3v) is 4.32. The van der Waals surface area contributed by atoms with Crippen LogP contribution >= 0.6 is 0 Å². The maximum atomic E-state index is 12.7. The molecular weight excluding hydrogens is 328 g/mol. The Morgan fingerprint density at radius 3 is 2.58 bits per heavy atom. The molecule has 1 aromatic heterocycles. The summed E-state index contributed by atoms with van der Waals surface area (Å²) in [6.07, 6.45) is 0. The molecule has 3 rings (SSSR count). The van der Waals surface area contributed by atoms with Crippen LogP contribution < -0.4 is 10.1 Å². The van der Waals surface area contributed by atoms with Crippen LogP contribution in [-0.2, 0) is 17.9 Å². The first kappa shape index (κ1) is 17.9. The molecule has 0 saturated carbocycles. The van der Waals surface area contributed by atoms with Crippen molar-refractivity contribution >= 4 is 16.8 Å². The second-order valence-electron chi connectivity index (χ2n) is 6.06. The van der Waals surface area contributed by atoms with E-state index in [1.54, 1.807) is 14.2 Å². The van der Waals surface area contributed by atoms with Crippen molar-refractivity contribution in [3.8, 4) is 5.75 Å². The molecule has 0 spiro atoms. The number of aromatic nitrogens is 1. The number of methoxy groups -OCH3 is 2. The van der Waals surface area contributed by atoms with Gasteiger partial charge in [0, 0.05) is 25.1 Å². The lowest BCUT2D eigenvalue weighted by atomic mass is 10.1. The van der Waals surface area contributed by atoms with E-state index in [2.05, 4.69) is 10.3 Å². The fourth-order valence-corrected chi connectivity index (χ4v) is 2.90. The molecule has 5 heteroatoms. The van der Waals surface area contributed by atoms with Gasteiger partial charge in [-0.1, -0.05) is 24.3 Å². The average molecular weight is 350 g/mol. The molecule has 0 atom stereocenters. The topological polar surface area (TPSA) is 60.5 Å². The smallest absolute Gasteiger partial charge is 0.253 e. The van der Waals surface area contributed by atoms with Gasteiger partial charge in [-0.15, -0.1) is 0 Å². The van der Waals surface area contributed by atoms with Gasteiger partial charge >= 0.3 is 0 Å². The van der Waals surface area contributed by atoms with Crippen molar-refractivity contribution in [3.63, 3.8) is 0 Å². The summed E-state index contributed by atoms with van der Waals surface area (Å²) in [5.74, 6) is 0.608. The molecule has 5 nitrogen and oxygen atoms in total. The van der Waals surface area contributed by atoms with Crippen LogP contribution in [0.4, 0.5) is 0 Å².